The van der Waals surface area contributed by atoms with Crippen molar-refractivity contribution in [1.82, 2.24) is 0 Å². The molecule has 2 rings (SSSR count). The van der Waals surface area contributed by atoms with Gasteiger partial charge in [0.1, 0.15) is 11.6 Å². The smallest absolute Gasteiger partial charge is 0.288 e. The van der Waals surface area contributed by atoms with Crippen LogP contribution in [0.1, 0.15) is 19.4 Å². The Morgan fingerprint density at radius 2 is 2.21 bits per heavy atom. The molecule has 5 nitrogen and oxygen atoms in total. The predicted molar refractivity (Wildman–Crippen MR) is 74.6 cm³/mol. The maximum absolute atomic E-state index is 10.8. The zero-order chi connectivity index (χ0) is 14.0. The zero-order valence-corrected chi connectivity index (χ0v) is 11.3. The van der Waals surface area contributed by atoms with Gasteiger partial charge in [0, 0.05) is 12.1 Å². The highest BCUT2D eigenvalue weighted by atomic mass is 35.5. The fraction of sp³-hybridized carbons (Fsp3) is 0.308. The fourth-order valence-electron chi connectivity index (χ4n) is 1.64. The number of aliphatic imine (C=N–C) groups is 1. The number of benzene rings is 1. The summed E-state index contributed by atoms with van der Waals surface area (Å²) in [6.07, 6.45) is 3.41. The van der Waals surface area contributed by atoms with Crippen LogP contribution in [0.15, 0.2) is 29.3 Å². The van der Waals surface area contributed by atoms with Crippen molar-refractivity contribution in [3.05, 3.63) is 45.0 Å². The van der Waals surface area contributed by atoms with E-state index in [1.807, 2.05) is 13.8 Å². The molecule has 0 radical (unpaired) electrons. The van der Waals surface area contributed by atoms with E-state index in [4.69, 9.17) is 16.3 Å². The number of hydrogen-bond acceptors (Lipinski definition) is 4. The van der Waals surface area contributed by atoms with Crippen LogP contribution in [-0.2, 0) is 4.74 Å². The lowest BCUT2D eigenvalue weighted by Gasteiger charge is -2.07. The molecule has 1 aromatic rings. The molecule has 0 saturated carbocycles. The summed E-state index contributed by atoms with van der Waals surface area (Å²) in [4.78, 5) is 14.6. The SMILES string of the molecule is CC1(C)COC(/C=C/c2ccc(Cl)c([N+](=O)[O-])c2)=N1. The highest BCUT2D eigenvalue weighted by Crippen LogP contribution is 2.26. The van der Waals surface area contributed by atoms with Crippen molar-refractivity contribution in [2.75, 3.05) is 6.61 Å². The third-order valence-electron chi connectivity index (χ3n) is 2.57. The van der Waals surface area contributed by atoms with Crippen LogP contribution in [0.3, 0.4) is 0 Å². The Hall–Kier alpha value is -1.88. The summed E-state index contributed by atoms with van der Waals surface area (Å²) >= 11 is 5.74. The lowest BCUT2D eigenvalue weighted by Crippen LogP contribution is -2.17. The number of halogens is 1. The fourth-order valence-corrected chi connectivity index (χ4v) is 1.83. The molecule has 100 valence electrons. The standard InChI is InChI=1S/C13H13ClN2O3/c1-13(2)8-19-12(15-13)6-4-9-3-5-10(14)11(7-9)16(17)18/h3-7H,8H2,1-2H3/b6-4+. The topological polar surface area (TPSA) is 64.7 Å². The van der Waals surface area contributed by atoms with E-state index in [0.29, 0.717) is 18.1 Å². The molecule has 19 heavy (non-hydrogen) atoms. The average Bonchev–Trinajstić information content (AvgIpc) is 2.67. The van der Waals surface area contributed by atoms with Crippen LogP contribution >= 0.6 is 11.6 Å². The van der Waals surface area contributed by atoms with E-state index >= 15 is 0 Å². The summed E-state index contributed by atoms with van der Waals surface area (Å²) in [6, 6.07) is 4.62. The minimum atomic E-state index is -0.508. The van der Waals surface area contributed by atoms with Crippen LogP contribution in [0.2, 0.25) is 5.02 Å². The monoisotopic (exact) mass is 280 g/mol. The molecule has 1 heterocycles. The molecule has 1 aromatic carbocycles. The molecule has 1 aliphatic rings. The molecule has 1 aliphatic heterocycles. The Bertz CT molecular complexity index is 579. The molecular weight excluding hydrogens is 268 g/mol. The summed E-state index contributed by atoms with van der Waals surface area (Å²) in [7, 11) is 0. The molecule has 0 aliphatic carbocycles. The van der Waals surface area contributed by atoms with Crippen molar-refractivity contribution in [3.8, 4) is 0 Å². The zero-order valence-electron chi connectivity index (χ0n) is 10.6. The maximum atomic E-state index is 10.8. The van der Waals surface area contributed by atoms with Gasteiger partial charge in [0.25, 0.3) is 5.69 Å². The number of nitrogens with zero attached hydrogens (tertiary/aromatic N) is 2. The highest BCUT2D eigenvalue weighted by Gasteiger charge is 2.24. The summed E-state index contributed by atoms with van der Waals surface area (Å²) in [5.41, 5.74) is 0.344. The molecule has 0 atom stereocenters. The van der Waals surface area contributed by atoms with E-state index < -0.39 is 4.92 Å². The van der Waals surface area contributed by atoms with Crippen LogP contribution in [0.5, 0.6) is 0 Å². The number of rotatable bonds is 3. The molecule has 0 amide bonds. The van der Waals surface area contributed by atoms with Crippen LogP contribution < -0.4 is 0 Å². The minimum Gasteiger partial charge on any atom is -0.475 e. The van der Waals surface area contributed by atoms with Gasteiger partial charge < -0.3 is 4.74 Å². The number of ether oxygens (including phenoxy) is 1. The third-order valence-corrected chi connectivity index (χ3v) is 2.89. The largest absolute Gasteiger partial charge is 0.475 e. The Morgan fingerprint density at radius 1 is 1.47 bits per heavy atom. The van der Waals surface area contributed by atoms with Crippen molar-refractivity contribution >= 4 is 29.3 Å². The van der Waals surface area contributed by atoms with E-state index in [2.05, 4.69) is 4.99 Å². The van der Waals surface area contributed by atoms with Crippen LogP contribution in [0.25, 0.3) is 6.08 Å². The first-order chi connectivity index (χ1) is 8.87. The Labute approximate surface area is 115 Å². The van der Waals surface area contributed by atoms with Crippen LogP contribution in [0.4, 0.5) is 5.69 Å². The second-order valence-corrected chi connectivity index (χ2v) is 5.26. The van der Waals surface area contributed by atoms with Gasteiger partial charge >= 0.3 is 0 Å². The number of hydrogen-bond donors (Lipinski definition) is 0. The Balaban J connectivity index is 2.21. The van der Waals surface area contributed by atoms with E-state index in [1.54, 1.807) is 18.2 Å². The average molecular weight is 281 g/mol. The Kier molecular flexibility index (Phi) is 3.57. The summed E-state index contributed by atoms with van der Waals surface area (Å²) in [6.45, 7) is 4.48. The van der Waals surface area contributed by atoms with Gasteiger partial charge in [0.05, 0.1) is 10.5 Å². The van der Waals surface area contributed by atoms with Crippen molar-refractivity contribution in [2.24, 2.45) is 4.99 Å². The maximum Gasteiger partial charge on any atom is 0.288 e. The van der Waals surface area contributed by atoms with Crippen molar-refractivity contribution in [3.63, 3.8) is 0 Å². The highest BCUT2D eigenvalue weighted by molar-refractivity contribution is 6.32. The lowest BCUT2D eigenvalue weighted by atomic mass is 10.1. The van der Waals surface area contributed by atoms with Gasteiger partial charge in [0.2, 0.25) is 5.90 Å². The van der Waals surface area contributed by atoms with Gasteiger partial charge in [-0.1, -0.05) is 17.7 Å². The Morgan fingerprint density at radius 3 is 2.79 bits per heavy atom. The molecule has 0 N–H and O–H groups in total. The van der Waals surface area contributed by atoms with Gasteiger partial charge in [-0.3, -0.25) is 10.1 Å². The molecule has 0 spiro atoms. The van der Waals surface area contributed by atoms with Gasteiger partial charge in [-0.25, -0.2) is 4.99 Å². The number of nitro benzene ring substituents is 1. The van der Waals surface area contributed by atoms with E-state index in [0.717, 1.165) is 0 Å². The first-order valence-corrected chi connectivity index (χ1v) is 6.10. The van der Waals surface area contributed by atoms with Crippen LogP contribution in [0, 0.1) is 10.1 Å². The number of nitro groups is 1. The first-order valence-electron chi connectivity index (χ1n) is 5.72. The van der Waals surface area contributed by atoms with Crippen LogP contribution in [-0.4, -0.2) is 23.0 Å². The summed E-state index contributed by atoms with van der Waals surface area (Å²) in [5.74, 6) is 0.530. The second kappa shape index (κ2) is 5.01. The molecule has 6 heteroatoms. The normalized spacial score (nSPS) is 17.3. The first kappa shape index (κ1) is 13.5. The van der Waals surface area contributed by atoms with Crippen molar-refractivity contribution in [2.45, 2.75) is 19.4 Å². The van der Waals surface area contributed by atoms with E-state index in [9.17, 15) is 10.1 Å². The molecule has 0 fully saturated rings. The lowest BCUT2D eigenvalue weighted by molar-refractivity contribution is -0.384. The molecule has 0 unspecified atom stereocenters. The second-order valence-electron chi connectivity index (χ2n) is 4.85. The molecule has 0 bridgehead atoms. The quantitative estimate of drug-likeness (QED) is 0.629. The summed E-state index contributed by atoms with van der Waals surface area (Å²) < 4.78 is 5.39. The predicted octanol–water partition coefficient (Wildman–Crippen LogP) is 3.47. The van der Waals surface area contributed by atoms with Gasteiger partial charge in [-0.05, 0) is 31.6 Å². The molecule has 0 aromatic heterocycles. The third kappa shape index (κ3) is 3.32. The molecular formula is C13H13ClN2O3. The van der Waals surface area contributed by atoms with E-state index in [1.165, 1.54) is 12.1 Å². The van der Waals surface area contributed by atoms with Crippen molar-refractivity contribution < 1.29 is 9.66 Å². The van der Waals surface area contributed by atoms with Crippen molar-refractivity contribution in [1.29, 1.82) is 0 Å². The van der Waals surface area contributed by atoms with Gasteiger partial charge in [-0.15, -0.1) is 0 Å². The van der Waals surface area contributed by atoms with Gasteiger partial charge in [0.15, 0.2) is 0 Å². The summed E-state index contributed by atoms with van der Waals surface area (Å²) in [5, 5.41) is 10.9. The molecule has 0 saturated heterocycles. The van der Waals surface area contributed by atoms with E-state index in [-0.39, 0.29) is 16.2 Å². The van der Waals surface area contributed by atoms with Gasteiger partial charge in [-0.2, -0.15) is 0 Å². The minimum absolute atomic E-state index is 0.113.